The van der Waals surface area contributed by atoms with Crippen molar-refractivity contribution in [2.75, 3.05) is 29.9 Å². The van der Waals surface area contributed by atoms with E-state index < -0.39 is 26.2 Å². The van der Waals surface area contributed by atoms with Crippen molar-refractivity contribution >= 4 is 43.2 Å². The summed E-state index contributed by atoms with van der Waals surface area (Å²) in [6, 6.07) is 5.25. The average Bonchev–Trinajstić information content (AvgIpc) is 3.29. The number of aliphatic carboxylic acids is 1. The summed E-state index contributed by atoms with van der Waals surface area (Å²) in [7, 11) is -1.80. The highest BCUT2D eigenvalue weighted by Crippen LogP contribution is 2.41. The van der Waals surface area contributed by atoms with Gasteiger partial charge in [0.05, 0.1) is 23.3 Å². The predicted molar refractivity (Wildman–Crippen MR) is 163 cm³/mol. The summed E-state index contributed by atoms with van der Waals surface area (Å²) in [5.74, 6) is -3.74. The molecule has 0 aliphatic carbocycles. The second-order valence-electron chi connectivity index (χ2n) is 12.6. The van der Waals surface area contributed by atoms with E-state index in [1.807, 2.05) is 6.07 Å². The lowest BCUT2D eigenvalue weighted by Crippen LogP contribution is -2.57. The van der Waals surface area contributed by atoms with Crippen LogP contribution in [0.5, 0.6) is 0 Å². The second kappa shape index (κ2) is 13.9. The van der Waals surface area contributed by atoms with E-state index in [1.165, 1.54) is 0 Å². The van der Waals surface area contributed by atoms with Crippen LogP contribution in [-0.2, 0) is 9.22 Å². The van der Waals surface area contributed by atoms with Crippen LogP contribution >= 0.6 is 11.9 Å². The molecule has 0 amide bonds. The van der Waals surface area contributed by atoms with Crippen LogP contribution in [0.2, 0.25) is 18.1 Å². The van der Waals surface area contributed by atoms with Gasteiger partial charge >= 0.3 is 12.1 Å². The Morgan fingerprint density at radius 2 is 1.88 bits per heavy atom. The quantitative estimate of drug-likeness (QED) is 0.107. The zero-order valence-corrected chi connectivity index (χ0v) is 26.9. The molecule has 1 aromatic carbocycles. The lowest BCUT2D eigenvalue weighted by atomic mass is 9.96. The molecule has 2 atom stereocenters. The molecule has 0 aromatic heterocycles. The largest absolute Gasteiger partial charge is 0.481 e. The number of alkyl halides is 3. The molecule has 0 radical (unpaired) electrons. The monoisotopic (exact) mass is 604 g/mol. The summed E-state index contributed by atoms with van der Waals surface area (Å²) in [5.41, 5.74) is 2.68. The number of nitrogens with one attached hydrogen (secondary N) is 2. The van der Waals surface area contributed by atoms with Gasteiger partial charge in [0, 0.05) is 19.7 Å². The van der Waals surface area contributed by atoms with E-state index in [-0.39, 0.29) is 29.0 Å². The SMILES string of the molecule is CC(C)CN(CCCCCO[Si](C)(C)C(C)(C)C)c1ccc(C(C)CC(=O)O)cc1NC1(C(F)(F)F)N=CSN1. The minimum atomic E-state index is -4.71. The molecule has 0 saturated carbocycles. The van der Waals surface area contributed by atoms with E-state index in [0.29, 0.717) is 30.9 Å². The maximum Gasteiger partial charge on any atom is 0.448 e. The highest BCUT2D eigenvalue weighted by Gasteiger charge is 2.57. The smallest absolute Gasteiger partial charge is 0.448 e. The lowest BCUT2D eigenvalue weighted by Gasteiger charge is -2.36. The Hall–Kier alpha value is -1.76. The van der Waals surface area contributed by atoms with E-state index in [9.17, 15) is 23.1 Å². The van der Waals surface area contributed by atoms with Crippen molar-refractivity contribution in [1.29, 1.82) is 0 Å². The van der Waals surface area contributed by atoms with Crippen LogP contribution in [0.3, 0.4) is 0 Å². The molecular weight excluding hydrogens is 557 g/mol. The molecule has 3 N–H and O–H groups in total. The summed E-state index contributed by atoms with van der Waals surface area (Å²) in [6.45, 7) is 19.1. The number of anilines is 2. The Morgan fingerprint density at radius 3 is 2.40 bits per heavy atom. The van der Waals surface area contributed by atoms with Crippen LogP contribution in [0.25, 0.3) is 0 Å². The fourth-order valence-electron chi connectivity index (χ4n) is 4.19. The van der Waals surface area contributed by atoms with Gasteiger partial charge in [-0.3, -0.25) is 4.79 Å². The van der Waals surface area contributed by atoms with E-state index in [2.05, 4.69) is 67.6 Å². The molecule has 0 spiro atoms. The number of carboxylic acid groups (broad SMARTS) is 1. The Morgan fingerprint density at radius 1 is 1.20 bits per heavy atom. The van der Waals surface area contributed by atoms with Crippen molar-refractivity contribution in [3.63, 3.8) is 0 Å². The van der Waals surface area contributed by atoms with E-state index in [0.717, 1.165) is 36.8 Å². The van der Waals surface area contributed by atoms with E-state index in [4.69, 9.17) is 4.43 Å². The van der Waals surface area contributed by atoms with Gasteiger partial charge in [-0.1, -0.05) is 47.6 Å². The Kier molecular flexibility index (Phi) is 12.0. The number of carboxylic acids is 1. The van der Waals surface area contributed by atoms with Crippen molar-refractivity contribution in [2.45, 2.75) is 103 Å². The Labute approximate surface area is 243 Å². The fourth-order valence-corrected chi connectivity index (χ4v) is 5.93. The summed E-state index contributed by atoms with van der Waals surface area (Å²) in [4.78, 5) is 17.1. The maximum atomic E-state index is 14.2. The number of nitrogens with zero attached hydrogens (tertiary/aromatic N) is 2. The van der Waals surface area contributed by atoms with Crippen molar-refractivity contribution in [1.82, 2.24) is 4.72 Å². The molecule has 1 aromatic rings. The summed E-state index contributed by atoms with van der Waals surface area (Å²) >= 11 is 0.771. The molecule has 40 heavy (non-hydrogen) atoms. The number of benzene rings is 1. The first kappa shape index (κ1) is 34.4. The first-order valence-corrected chi connectivity index (χ1v) is 17.7. The van der Waals surface area contributed by atoms with Gasteiger partial charge in [-0.2, -0.15) is 13.2 Å². The number of halogens is 3. The van der Waals surface area contributed by atoms with Gasteiger partial charge < -0.3 is 19.7 Å². The molecule has 0 saturated heterocycles. The molecule has 1 aliphatic heterocycles. The molecule has 2 rings (SSSR count). The van der Waals surface area contributed by atoms with Gasteiger partial charge in [-0.15, -0.1) is 0 Å². The molecule has 7 nitrogen and oxygen atoms in total. The van der Waals surface area contributed by atoms with Crippen LogP contribution in [0, 0.1) is 5.92 Å². The number of carbonyl (C=O) groups is 1. The first-order chi connectivity index (χ1) is 18.4. The Bertz CT molecular complexity index is 1020. The molecule has 0 fully saturated rings. The van der Waals surface area contributed by atoms with Crippen molar-refractivity contribution < 1.29 is 27.5 Å². The van der Waals surface area contributed by atoms with Crippen molar-refractivity contribution in [3.05, 3.63) is 23.8 Å². The number of aliphatic imine (C=N–C) groups is 1. The third-order valence-electron chi connectivity index (χ3n) is 7.57. The van der Waals surface area contributed by atoms with Crippen LogP contribution in [0.4, 0.5) is 24.5 Å². The van der Waals surface area contributed by atoms with Crippen LogP contribution < -0.4 is 14.9 Å². The molecule has 228 valence electrons. The van der Waals surface area contributed by atoms with Gasteiger partial charge in [-0.05, 0) is 78.9 Å². The zero-order chi connectivity index (χ0) is 30.4. The van der Waals surface area contributed by atoms with Gasteiger partial charge in [0.2, 0.25) is 0 Å². The van der Waals surface area contributed by atoms with Gasteiger partial charge in [0.15, 0.2) is 8.32 Å². The number of hydrogen-bond acceptors (Lipinski definition) is 7. The van der Waals surface area contributed by atoms with Crippen molar-refractivity contribution in [3.8, 4) is 0 Å². The normalized spacial score (nSPS) is 18.8. The van der Waals surface area contributed by atoms with Gasteiger partial charge in [0.25, 0.3) is 5.79 Å². The maximum absolute atomic E-state index is 14.2. The topological polar surface area (TPSA) is 86.2 Å². The third-order valence-corrected chi connectivity index (χ3v) is 12.7. The summed E-state index contributed by atoms with van der Waals surface area (Å²) in [5, 5.41) is 12.1. The highest BCUT2D eigenvalue weighted by atomic mass is 32.2. The number of rotatable bonds is 15. The minimum Gasteiger partial charge on any atom is -0.481 e. The fraction of sp³-hybridized carbons (Fsp3) is 0.714. The Balaban J connectivity index is 2.28. The minimum absolute atomic E-state index is 0.123. The lowest BCUT2D eigenvalue weighted by molar-refractivity contribution is -0.178. The second-order valence-corrected chi connectivity index (χ2v) is 18.0. The van der Waals surface area contributed by atoms with Gasteiger partial charge in [-0.25, -0.2) is 9.71 Å². The molecule has 1 aliphatic rings. The third kappa shape index (κ3) is 9.39. The standard InChI is InChI=1S/C28H47F3N4O3SSi/c1-20(2)18-35(14-10-9-11-15-38-40(7,8)26(4,5)6)24-13-12-22(21(3)16-25(36)37)17-23(24)33-28(27(29,30)31)32-19-39-34-28/h12-13,17,19-21,33-34H,9-11,14-16,18H2,1-8H3,(H,36,37). The molecular formula is C28H47F3N4O3SSi. The van der Waals surface area contributed by atoms with Crippen LogP contribution in [-0.4, -0.2) is 56.6 Å². The first-order valence-electron chi connectivity index (χ1n) is 13.9. The molecule has 12 heteroatoms. The van der Waals surface area contributed by atoms with Crippen LogP contribution in [0.15, 0.2) is 23.2 Å². The average molecular weight is 605 g/mol. The summed E-state index contributed by atoms with van der Waals surface area (Å²) in [6.07, 6.45) is -2.11. The summed E-state index contributed by atoms with van der Waals surface area (Å²) < 4.78 is 51.3. The molecule has 2 unspecified atom stereocenters. The van der Waals surface area contributed by atoms with Crippen LogP contribution in [0.1, 0.15) is 78.7 Å². The van der Waals surface area contributed by atoms with Crippen molar-refractivity contribution in [2.24, 2.45) is 10.9 Å². The van der Waals surface area contributed by atoms with E-state index >= 15 is 0 Å². The zero-order valence-electron chi connectivity index (χ0n) is 25.1. The predicted octanol–water partition coefficient (Wildman–Crippen LogP) is 7.83. The number of unbranched alkanes of at least 4 members (excludes halogenated alkanes) is 2. The highest BCUT2D eigenvalue weighted by molar-refractivity contribution is 8.10. The van der Waals surface area contributed by atoms with Gasteiger partial charge in [0.1, 0.15) is 0 Å². The molecule has 1 heterocycles. The van der Waals surface area contributed by atoms with E-state index in [1.54, 1.807) is 19.1 Å². The molecule has 0 bridgehead atoms. The number of hydrogen-bond donors (Lipinski definition) is 3.